The molecule has 0 N–H and O–H groups in total. The Labute approximate surface area is 81.4 Å². The van der Waals surface area contributed by atoms with E-state index in [1.54, 1.807) is 25.6 Å². The highest BCUT2D eigenvalue weighted by Crippen LogP contribution is 2.14. The molecule has 0 unspecified atom stereocenters. The number of aromatic nitrogens is 2. The van der Waals surface area contributed by atoms with E-state index in [4.69, 9.17) is 10.00 Å². The monoisotopic (exact) mass is 187 g/mol. The zero-order valence-electron chi connectivity index (χ0n) is 7.77. The highest BCUT2D eigenvalue weighted by molar-refractivity contribution is 5.76. The summed E-state index contributed by atoms with van der Waals surface area (Å²) in [6, 6.07) is 7.49. The summed E-state index contributed by atoms with van der Waals surface area (Å²) in [6.45, 7) is 0.475. The van der Waals surface area contributed by atoms with Crippen LogP contribution in [0.25, 0.3) is 11.0 Å². The van der Waals surface area contributed by atoms with E-state index in [9.17, 15) is 0 Å². The highest BCUT2D eigenvalue weighted by atomic mass is 16.5. The minimum atomic E-state index is 0.475. The van der Waals surface area contributed by atoms with E-state index in [0.29, 0.717) is 12.3 Å². The van der Waals surface area contributed by atoms with Gasteiger partial charge in [0.15, 0.2) is 0 Å². The van der Waals surface area contributed by atoms with Gasteiger partial charge in [0.1, 0.15) is 6.73 Å². The third-order valence-electron chi connectivity index (χ3n) is 2.02. The van der Waals surface area contributed by atoms with E-state index < -0.39 is 0 Å². The molecule has 0 aliphatic carbocycles. The Balaban J connectivity index is 2.55. The van der Waals surface area contributed by atoms with E-state index >= 15 is 0 Å². The molecule has 0 bridgehead atoms. The lowest BCUT2D eigenvalue weighted by Gasteiger charge is -2.00. The second-order valence-corrected chi connectivity index (χ2v) is 2.95. The number of imidazole rings is 1. The van der Waals surface area contributed by atoms with E-state index in [-0.39, 0.29) is 0 Å². The normalized spacial score (nSPS) is 10.3. The van der Waals surface area contributed by atoms with Crippen molar-refractivity contribution >= 4 is 11.0 Å². The van der Waals surface area contributed by atoms with Gasteiger partial charge in [-0.3, -0.25) is 0 Å². The zero-order chi connectivity index (χ0) is 9.97. The SMILES string of the molecule is COCn1cnc2cc(C#N)ccc21. The van der Waals surface area contributed by atoms with Crippen LogP contribution < -0.4 is 0 Å². The first-order chi connectivity index (χ1) is 6.85. The van der Waals surface area contributed by atoms with Gasteiger partial charge in [-0.1, -0.05) is 0 Å². The van der Waals surface area contributed by atoms with Crippen molar-refractivity contribution in [2.75, 3.05) is 7.11 Å². The van der Waals surface area contributed by atoms with Crippen molar-refractivity contribution < 1.29 is 4.74 Å². The molecule has 70 valence electrons. The number of benzene rings is 1. The van der Waals surface area contributed by atoms with Crippen molar-refractivity contribution in [3.63, 3.8) is 0 Å². The molecule has 14 heavy (non-hydrogen) atoms. The van der Waals surface area contributed by atoms with Crippen LogP contribution in [0, 0.1) is 11.3 Å². The molecule has 1 aromatic heterocycles. The second kappa shape index (κ2) is 3.48. The molecule has 4 heteroatoms. The summed E-state index contributed by atoms with van der Waals surface area (Å²) in [5, 5.41) is 8.70. The van der Waals surface area contributed by atoms with Gasteiger partial charge < -0.3 is 9.30 Å². The standard InChI is InChI=1S/C10H9N3O/c1-14-7-13-6-12-9-4-8(5-11)2-3-10(9)13/h2-4,6H,7H2,1H3. The van der Waals surface area contributed by atoms with E-state index in [1.165, 1.54) is 0 Å². The molecule has 0 fully saturated rings. The molecular weight excluding hydrogens is 178 g/mol. The molecule has 0 atom stereocenters. The van der Waals surface area contributed by atoms with Gasteiger partial charge in [0.2, 0.25) is 0 Å². The third kappa shape index (κ3) is 1.34. The maximum Gasteiger partial charge on any atom is 0.123 e. The van der Waals surface area contributed by atoms with Crippen LogP contribution in [0.4, 0.5) is 0 Å². The van der Waals surface area contributed by atoms with Crippen LogP contribution in [0.2, 0.25) is 0 Å². The second-order valence-electron chi connectivity index (χ2n) is 2.95. The first-order valence-corrected chi connectivity index (χ1v) is 4.19. The highest BCUT2D eigenvalue weighted by Gasteiger charge is 2.02. The summed E-state index contributed by atoms with van der Waals surface area (Å²) >= 11 is 0. The molecule has 0 radical (unpaired) electrons. The summed E-state index contributed by atoms with van der Waals surface area (Å²) in [6.07, 6.45) is 1.70. The Morgan fingerprint density at radius 3 is 3.14 bits per heavy atom. The maximum atomic E-state index is 8.70. The number of hydrogen-bond donors (Lipinski definition) is 0. The Morgan fingerprint density at radius 2 is 2.43 bits per heavy atom. The van der Waals surface area contributed by atoms with Crippen molar-refractivity contribution in [3.05, 3.63) is 30.1 Å². The lowest BCUT2D eigenvalue weighted by Crippen LogP contribution is -1.96. The molecule has 0 amide bonds. The van der Waals surface area contributed by atoms with Crippen LogP contribution in [-0.4, -0.2) is 16.7 Å². The number of rotatable bonds is 2. The van der Waals surface area contributed by atoms with E-state index in [1.807, 2.05) is 10.6 Å². The first-order valence-electron chi connectivity index (χ1n) is 4.19. The largest absolute Gasteiger partial charge is 0.364 e. The molecule has 4 nitrogen and oxygen atoms in total. The zero-order valence-corrected chi connectivity index (χ0v) is 7.77. The lowest BCUT2D eigenvalue weighted by atomic mass is 10.2. The summed E-state index contributed by atoms with van der Waals surface area (Å²) in [5.74, 6) is 0. The van der Waals surface area contributed by atoms with Gasteiger partial charge in [0.25, 0.3) is 0 Å². The van der Waals surface area contributed by atoms with Gasteiger partial charge >= 0.3 is 0 Å². The van der Waals surface area contributed by atoms with Gasteiger partial charge in [0.05, 0.1) is 29.0 Å². The van der Waals surface area contributed by atoms with Crippen LogP contribution in [0.5, 0.6) is 0 Å². The van der Waals surface area contributed by atoms with Gasteiger partial charge in [0, 0.05) is 7.11 Å². The molecule has 0 aliphatic heterocycles. The number of ether oxygens (including phenoxy) is 1. The van der Waals surface area contributed by atoms with Crippen LogP contribution in [0.1, 0.15) is 5.56 Å². The summed E-state index contributed by atoms with van der Waals surface area (Å²) in [5.41, 5.74) is 2.42. The fourth-order valence-electron chi connectivity index (χ4n) is 1.38. The average Bonchev–Trinajstić information content (AvgIpc) is 2.61. The summed E-state index contributed by atoms with van der Waals surface area (Å²) < 4.78 is 6.89. The first kappa shape index (κ1) is 8.73. The number of fused-ring (bicyclic) bond motifs is 1. The van der Waals surface area contributed by atoms with Crippen molar-refractivity contribution in [1.82, 2.24) is 9.55 Å². The van der Waals surface area contributed by atoms with Gasteiger partial charge in [-0.15, -0.1) is 0 Å². The average molecular weight is 187 g/mol. The summed E-state index contributed by atoms with van der Waals surface area (Å²) in [4.78, 5) is 4.18. The van der Waals surface area contributed by atoms with Gasteiger partial charge in [-0.25, -0.2) is 4.98 Å². The van der Waals surface area contributed by atoms with Crippen LogP contribution in [0.15, 0.2) is 24.5 Å². The third-order valence-corrected chi connectivity index (χ3v) is 2.02. The number of nitrogens with zero attached hydrogens (tertiary/aromatic N) is 3. The van der Waals surface area contributed by atoms with Crippen LogP contribution in [0.3, 0.4) is 0 Å². The van der Waals surface area contributed by atoms with Crippen LogP contribution >= 0.6 is 0 Å². The van der Waals surface area contributed by atoms with Crippen molar-refractivity contribution in [2.24, 2.45) is 0 Å². The van der Waals surface area contributed by atoms with Crippen molar-refractivity contribution in [1.29, 1.82) is 5.26 Å². The number of nitriles is 1. The quantitative estimate of drug-likeness (QED) is 0.716. The number of methoxy groups -OCH3 is 1. The molecule has 0 spiro atoms. The molecule has 0 saturated heterocycles. The fraction of sp³-hybridized carbons (Fsp3) is 0.200. The molecule has 0 saturated carbocycles. The predicted molar refractivity (Wildman–Crippen MR) is 51.5 cm³/mol. The van der Waals surface area contributed by atoms with Crippen LogP contribution in [-0.2, 0) is 11.5 Å². The molecule has 0 aliphatic rings. The van der Waals surface area contributed by atoms with E-state index in [0.717, 1.165) is 11.0 Å². The Morgan fingerprint density at radius 1 is 1.57 bits per heavy atom. The molecular formula is C10H9N3O. The predicted octanol–water partition coefficient (Wildman–Crippen LogP) is 1.51. The smallest absolute Gasteiger partial charge is 0.123 e. The molecule has 2 aromatic rings. The fourth-order valence-corrected chi connectivity index (χ4v) is 1.38. The minimum Gasteiger partial charge on any atom is -0.364 e. The van der Waals surface area contributed by atoms with Crippen molar-refractivity contribution in [3.8, 4) is 6.07 Å². The lowest BCUT2D eigenvalue weighted by molar-refractivity contribution is 0.134. The minimum absolute atomic E-state index is 0.475. The molecule has 1 heterocycles. The molecule has 1 aromatic carbocycles. The molecule has 2 rings (SSSR count). The Kier molecular flexibility index (Phi) is 2.17. The summed E-state index contributed by atoms with van der Waals surface area (Å²) in [7, 11) is 1.63. The maximum absolute atomic E-state index is 8.70. The van der Waals surface area contributed by atoms with Gasteiger partial charge in [-0.2, -0.15) is 5.26 Å². The van der Waals surface area contributed by atoms with Gasteiger partial charge in [-0.05, 0) is 18.2 Å². The number of hydrogen-bond acceptors (Lipinski definition) is 3. The Hall–Kier alpha value is -1.86. The topological polar surface area (TPSA) is 50.8 Å². The Bertz CT molecular complexity index is 496. The van der Waals surface area contributed by atoms with Crippen molar-refractivity contribution in [2.45, 2.75) is 6.73 Å². The van der Waals surface area contributed by atoms with E-state index in [2.05, 4.69) is 11.1 Å².